The fraction of sp³-hybridized carbons (Fsp3) is 0.200. The lowest BCUT2D eigenvalue weighted by atomic mass is 10.1. The van der Waals surface area contributed by atoms with Gasteiger partial charge in [-0.25, -0.2) is 4.79 Å². The van der Waals surface area contributed by atoms with E-state index in [9.17, 15) is 9.59 Å². The second kappa shape index (κ2) is 10.9. The van der Waals surface area contributed by atoms with Crippen molar-refractivity contribution in [3.05, 3.63) is 84.4 Å². The van der Waals surface area contributed by atoms with Crippen molar-refractivity contribution in [2.75, 3.05) is 17.2 Å². The van der Waals surface area contributed by atoms with Gasteiger partial charge in [-0.1, -0.05) is 60.2 Å². The molecule has 0 aliphatic carbocycles. The molecular formula is C25H28N4O2. The first-order chi connectivity index (χ1) is 15.0. The van der Waals surface area contributed by atoms with E-state index in [4.69, 9.17) is 5.73 Å². The van der Waals surface area contributed by atoms with Gasteiger partial charge in [-0.3, -0.25) is 4.79 Å². The first-order valence-electron chi connectivity index (χ1n) is 10.4. The van der Waals surface area contributed by atoms with Gasteiger partial charge in [-0.2, -0.15) is 0 Å². The lowest BCUT2D eigenvalue weighted by molar-refractivity contribution is -0.118. The molecule has 0 fully saturated rings. The number of hydrogen-bond acceptors (Lipinski definition) is 3. The monoisotopic (exact) mass is 416 g/mol. The van der Waals surface area contributed by atoms with E-state index in [0.717, 1.165) is 16.7 Å². The third-order valence-electron chi connectivity index (χ3n) is 4.89. The zero-order chi connectivity index (χ0) is 22.1. The summed E-state index contributed by atoms with van der Waals surface area (Å²) in [5.74, 6) is -0.271. The molecule has 0 aliphatic heterocycles. The van der Waals surface area contributed by atoms with Crippen molar-refractivity contribution < 1.29 is 9.59 Å². The number of rotatable bonds is 8. The molecule has 3 aromatic carbocycles. The zero-order valence-electron chi connectivity index (χ0n) is 17.6. The van der Waals surface area contributed by atoms with Crippen molar-refractivity contribution in [1.82, 2.24) is 5.32 Å². The molecule has 0 heterocycles. The minimum Gasteiger partial charge on any atom is -0.330 e. The molecule has 3 aromatic rings. The second-order valence-corrected chi connectivity index (χ2v) is 7.38. The molecule has 0 saturated heterocycles. The fourth-order valence-corrected chi connectivity index (χ4v) is 3.16. The van der Waals surface area contributed by atoms with Crippen LogP contribution in [0, 0.1) is 6.92 Å². The molecular weight excluding hydrogens is 388 g/mol. The van der Waals surface area contributed by atoms with Crippen LogP contribution in [0.4, 0.5) is 16.2 Å². The average molecular weight is 417 g/mol. The minimum absolute atomic E-state index is 0.271. The van der Waals surface area contributed by atoms with Gasteiger partial charge in [0.15, 0.2) is 0 Å². The van der Waals surface area contributed by atoms with Crippen LogP contribution in [-0.2, 0) is 4.79 Å². The maximum Gasteiger partial charge on any atom is 0.319 e. The average Bonchev–Trinajstić information content (AvgIpc) is 2.79. The van der Waals surface area contributed by atoms with Crippen LogP contribution in [0.3, 0.4) is 0 Å². The summed E-state index contributed by atoms with van der Waals surface area (Å²) in [4.78, 5) is 25.2. The Hall–Kier alpha value is -3.64. The number of anilines is 2. The standard InChI is InChI=1S/C25H28N4O2/c1-18-9-13-21(14-10-18)27-24(30)23(8-5-17-26)29-25(31)28-22-15-11-20(12-16-22)19-6-3-2-4-7-19/h2-4,6-7,9-16,23H,5,8,17,26H2,1H3,(H,27,30)(H2,28,29,31)/t23-/m0/s1. The Morgan fingerprint density at radius 3 is 2.03 bits per heavy atom. The summed E-state index contributed by atoms with van der Waals surface area (Å²) < 4.78 is 0. The second-order valence-electron chi connectivity index (χ2n) is 7.38. The fourth-order valence-electron chi connectivity index (χ4n) is 3.16. The number of benzene rings is 3. The molecule has 6 heteroatoms. The highest BCUT2D eigenvalue weighted by atomic mass is 16.2. The van der Waals surface area contributed by atoms with E-state index in [1.54, 1.807) is 0 Å². The molecule has 160 valence electrons. The zero-order valence-corrected chi connectivity index (χ0v) is 17.6. The van der Waals surface area contributed by atoms with E-state index < -0.39 is 12.1 Å². The smallest absolute Gasteiger partial charge is 0.319 e. The first kappa shape index (κ1) is 22.1. The predicted octanol–water partition coefficient (Wildman–Crippen LogP) is 4.53. The van der Waals surface area contributed by atoms with Gasteiger partial charge in [-0.05, 0) is 61.7 Å². The summed E-state index contributed by atoms with van der Waals surface area (Å²) in [5.41, 5.74) is 10.2. The molecule has 6 nitrogen and oxygen atoms in total. The Labute approximate surface area is 182 Å². The summed E-state index contributed by atoms with van der Waals surface area (Å²) in [6, 6.07) is 24.0. The van der Waals surface area contributed by atoms with Gasteiger partial charge in [0.1, 0.15) is 6.04 Å². The van der Waals surface area contributed by atoms with Crippen LogP contribution in [0.1, 0.15) is 18.4 Å². The van der Waals surface area contributed by atoms with Gasteiger partial charge in [0, 0.05) is 11.4 Å². The van der Waals surface area contributed by atoms with Gasteiger partial charge >= 0.3 is 6.03 Å². The molecule has 0 spiro atoms. The molecule has 0 saturated carbocycles. The van der Waals surface area contributed by atoms with Crippen molar-refractivity contribution >= 4 is 23.3 Å². The van der Waals surface area contributed by atoms with Gasteiger partial charge in [0.2, 0.25) is 5.91 Å². The van der Waals surface area contributed by atoms with Crippen molar-refractivity contribution in [2.45, 2.75) is 25.8 Å². The third kappa shape index (κ3) is 6.69. The van der Waals surface area contributed by atoms with E-state index in [1.807, 2.05) is 85.8 Å². The van der Waals surface area contributed by atoms with Crippen molar-refractivity contribution in [3.8, 4) is 11.1 Å². The first-order valence-corrected chi connectivity index (χ1v) is 10.4. The summed E-state index contributed by atoms with van der Waals surface area (Å²) >= 11 is 0. The highest BCUT2D eigenvalue weighted by Crippen LogP contribution is 2.21. The van der Waals surface area contributed by atoms with Crippen molar-refractivity contribution in [2.24, 2.45) is 5.73 Å². The minimum atomic E-state index is -0.687. The molecule has 3 rings (SSSR count). The normalized spacial score (nSPS) is 11.4. The molecule has 0 aliphatic rings. The van der Waals surface area contributed by atoms with E-state index in [0.29, 0.717) is 30.8 Å². The molecule has 0 bridgehead atoms. The summed E-state index contributed by atoms with van der Waals surface area (Å²) in [5, 5.41) is 8.40. The van der Waals surface area contributed by atoms with Crippen LogP contribution in [-0.4, -0.2) is 24.5 Å². The van der Waals surface area contributed by atoms with Gasteiger partial charge in [0.05, 0.1) is 0 Å². The Balaban J connectivity index is 1.60. The highest BCUT2D eigenvalue weighted by Gasteiger charge is 2.20. The maximum absolute atomic E-state index is 12.7. The van der Waals surface area contributed by atoms with Gasteiger partial charge in [-0.15, -0.1) is 0 Å². The lowest BCUT2D eigenvalue weighted by Crippen LogP contribution is -2.45. The Kier molecular flexibility index (Phi) is 7.79. The molecule has 0 unspecified atom stereocenters. The number of nitrogens with one attached hydrogen (secondary N) is 3. The molecule has 0 aromatic heterocycles. The molecule has 3 amide bonds. The molecule has 1 atom stereocenters. The number of carbonyl (C=O) groups is 2. The number of carbonyl (C=O) groups excluding carboxylic acids is 2. The van der Waals surface area contributed by atoms with Crippen LogP contribution in [0.15, 0.2) is 78.9 Å². The van der Waals surface area contributed by atoms with E-state index in [1.165, 1.54) is 0 Å². The topological polar surface area (TPSA) is 96.2 Å². The number of aryl methyl sites for hydroxylation is 1. The van der Waals surface area contributed by atoms with Crippen LogP contribution in [0.25, 0.3) is 11.1 Å². The van der Waals surface area contributed by atoms with E-state index in [-0.39, 0.29) is 5.91 Å². The molecule has 31 heavy (non-hydrogen) atoms. The summed E-state index contributed by atoms with van der Waals surface area (Å²) in [7, 11) is 0. The lowest BCUT2D eigenvalue weighted by Gasteiger charge is -2.19. The van der Waals surface area contributed by atoms with E-state index in [2.05, 4.69) is 16.0 Å². The molecule has 0 radical (unpaired) electrons. The van der Waals surface area contributed by atoms with Gasteiger partial charge in [0.25, 0.3) is 0 Å². The van der Waals surface area contributed by atoms with Crippen LogP contribution in [0.2, 0.25) is 0 Å². The number of nitrogens with two attached hydrogens (primary N) is 1. The predicted molar refractivity (Wildman–Crippen MR) is 126 cm³/mol. The summed E-state index contributed by atoms with van der Waals surface area (Å²) in [6.45, 7) is 2.42. The quantitative estimate of drug-likeness (QED) is 0.434. The summed E-state index contributed by atoms with van der Waals surface area (Å²) in [6.07, 6.45) is 1.08. The van der Waals surface area contributed by atoms with E-state index >= 15 is 0 Å². The van der Waals surface area contributed by atoms with Crippen LogP contribution < -0.4 is 21.7 Å². The van der Waals surface area contributed by atoms with Crippen molar-refractivity contribution in [1.29, 1.82) is 0 Å². The Bertz CT molecular complexity index is 986. The Morgan fingerprint density at radius 2 is 1.39 bits per heavy atom. The molecule has 5 N–H and O–H groups in total. The largest absolute Gasteiger partial charge is 0.330 e. The third-order valence-corrected chi connectivity index (χ3v) is 4.89. The van der Waals surface area contributed by atoms with Crippen LogP contribution in [0.5, 0.6) is 0 Å². The van der Waals surface area contributed by atoms with Crippen molar-refractivity contribution in [3.63, 3.8) is 0 Å². The highest BCUT2D eigenvalue weighted by molar-refractivity contribution is 5.99. The Morgan fingerprint density at radius 1 is 0.806 bits per heavy atom. The SMILES string of the molecule is Cc1ccc(NC(=O)[C@H](CCCN)NC(=O)Nc2ccc(-c3ccccc3)cc2)cc1. The maximum atomic E-state index is 12.7. The number of hydrogen-bond donors (Lipinski definition) is 4. The van der Waals surface area contributed by atoms with Gasteiger partial charge < -0.3 is 21.7 Å². The number of urea groups is 1. The number of amides is 3. The van der Waals surface area contributed by atoms with Crippen LogP contribution >= 0.6 is 0 Å².